The first kappa shape index (κ1) is 18.2. The molecule has 1 N–H and O–H groups in total. The van der Waals surface area contributed by atoms with Crippen molar-refractivity contribution < 1.29 is 29.3 Å². The van der Waals surface area contributed by atoms with Crippen LogP contribution in [0.25, 0.3) is 0 Å². The van der Waals surface area contributed by atoms with Crippen LogP contribution >= 0.6 is 22.7 Å². The SMILES string of the molecule is COC(=O)c1csc([N+](=O)[O-])c1.O=C(O)c1csc([N+](=O)[O-])c1. The van der Waals surface area contributed by atoms with Crippen molar-refractivity contribution in [2.45, 2.75) is 0 Å². The number of nitrogens with zero attached hydrogens (tertiary/aromatic N) is 2. The Morgan fingerprint density at radius 1 is 1.04 bits per heavy atom. The first-order valence-corrected chi connectivity index (χ1v) is 7.29. The van der Waals surface area contributed by atoms with Crippen LogP contribution in [0.3, 0.4) is 0 Å². The van der Waals surface area contributed by atoms with Gasteiger partial charge in [-0.1, -0.05) is 22.7 Å². The Labute approximate surface area is 135 Å². The minimum atomic E-state index is -1.14. The van der Waals surface area contributed by atoms with Gasteiger partial charge in [0.05, 0.1) is 28.1 Å². The van der Waals surface area contributed by atoms with Crippen molar-refractivity contribution in [3.63, 3.8) is 0 Å². The molecule has 0 radical (unpaired) electrons. The number of aromatic carboxylic acids is 1. The molecule has 2 aromatic rings. The fourth-order valence-corrected chi connectivity index (χ4v) is 2.57. The fourth-order valence-electron chi connectivity index (χ4n) is 1.18. The molecule has 0 saturated carbocycles. The zero-order valence-electron chi connectivity index (χ0n) is 11.3. The lowest BCUT2D eigenvalue weighted by molar-refractivity contribution is -0.380. The highest BCUT2D eigenvalue weighted by molar-refractivity contribution is 7.13. The number of esters is 1. The van der Waals surface area contributed by atoms with E-state index in [-0.39, 0.29) is 21.1 Å². The first-order valence-electron chi connectivity index (χ1n) is 5.53. The minimum absolute atomic E-state index is 0.0401. The molecule has 10 nitrogen and oxygen atoms in total. The Morgan fingerprint density at radius 2 is 1.48 bits per heavy atom. The number of methoxy groups -OCH3 is 1. The summed E-state index contributed by atoms with van der Waals surface area (Å²) in [7, 11) is 1.23. The molecule has 0 aliphatic rings. The van der Waals surface area contributed by atoms with Gasteiger partial charge in [0.2, 0.25) is 0 Å². The highest BCUT2D eigenvalue weighted by Crippen LogP contribution is 2.23. The smallest absolute Gasteiger partial charge is 0.338 e. The lowest BCUT2D eigenvalue weighted by Crippen LogP contribution is -1.98. The molecule has 0 unspecified atom stereocenters. The number of hydrogen-bond acceptors (Lipinski definition) is 9. The van der Waals surface area contributed by atoms with Crippen molar-refractivity contribution in [2.24, 2.45) is 0 Å². The Bertz CT molecular complexity index is 722. The van der Waals surface area contributed by atoms with Crippen LogP contribution in [0.15, 0.2) is 22.9 Å². The van der Waals surface area contributed by atoms with Crippen LogP contribution in [-0.4, -0.2) is 34.0 Å². The molecule has 0 aliphatic carbocycles. The fraction of sp³-hybridized carbons (Fsp3) is 0.0909. The van der Waals surface area contributed by atoms with Crippen LogP contribution < -0.4 is 0 Å². The molecule has 23 heavy (non-hydrogen) atoms. The number of carboxylic acid groups (broad SMARTS) is 1. The van der Waals surface area contributed by atoms with Crippen molar-refractivity contribution in [3.05, 3.63) is 54.2 Å². The van der Waals surface area contributed by atoms with Gasteiger partial charge in [-0.15, -0.1) is 0 Å². The number of ether oxygens (including phenoxy) is 1. The summed E-state index contributed by atoms with van der Waals surface area (Å²) >= 11 is 1.71. The van der Waals surface area contributed by atoms with Crippen LogP contribution in [0.2, 0.25) is 0 Å². The Balaban J connectivity index is 0.000000231. The van der Waals surface area contributed by atoms with Crippen LogP contribution in [-0.2, 0) is 4.74 Å². The molecular formula is C11H8N2O8S2. The van der Waals surface area contributed by atoms with Crippen molar-refractivity contribution in [1.29, 1.82) is 0 Å². The molecule has 2 aromatic heterocycles. The summed E-state index contributed by atoms with van der Waals surface area (Å²) in [5.74, 6) is -1.70. The number of nitro groups is 2. The minimum Gasteiger partial charge on any atom is -0.478 e. The largest absolute Gasteiger partial charge is 0.478 e. The maximum Gasteiger partial charge on any atom is 0.338 e. The number of carboxylic acids is 1. The van der Waals surface area contributed by atoms with Gasteiger partial charge in [-0.3, -0.25) is 20.2 Å². The van der Waals surface area contributed by atoms with E-state index in [1.807, 2.05) is 0 Å². The second-order valence-corrected chi connectivity index (χ2v) is 5.44. The van der Waals surface area contributed by atoms with Crippen LogP contribution in [0, 0.1) is 20.2 Å². The Hall–Kier alpha value is -2.86. The molecule has 12 heteroatoms. The highest BCUT2D eigenvalue weighted by atomic mass is 32.1. The van der Waals surface area contributed by atoms with Gasteiger partial charge in [0, 0.05) is 22.9 Å². The number of thiophene rings is 2. The van der Waals surface area contributed by atoms with Gasteiger partial charge in [0.1, 0.15) is 0 Å². The molecule has 0 fully saturated rings. The van der Waals surface area contributed by atoms with E-state index >= 15 is 0 Å². The van der Waals surface area contributed by atoms with E-state index in [9.17, 15) is 29.8 Å². The third-order valence-corrected chi connectivity index (χ3v) is 3.96. The molecule has 0 atom stereocenters. The number of carbonyl (C=O) groups is 2. The maximum atomic E-state index is 10.8. The van der Waals surface area contributed by atoms with Gasteiger partial charge in [-0.05, 0) is 0 Å². The zero-order chi connectivity index (χ0) is 17.6. The second-order valence-electron chi connectivity index (χ2n) is 3.66. The molecule has 0 saturated heterocycles. The third-order valence-electron chi connectivity index (χ3n) is 2.20. The van der Waals surface area contributed by atoms with E-state index in [0.29, 0.717) is 0 Å². The highest BCUT2D eigenvalue weighted by Gasteiger charge is 2.14. The summed E-state index contributed by atoms with van der Waals surface area (Å²) in [6.45, 7) is 0. The van der Waals surface area contributed by atoms with Gasteiger partial charge in [-0.25, -0.2) is 9.59 Å². The normalized spacial score (nSPS) is 9.43. The maximum absolute atomic E-state index is 10.8. The van der Waals surface area contributed by atoms with E-state index in [4.69, 9.17) is 5.11 Å². The van der Waals surface area contributed by atoms with Crippen molar-refractivity contribution in [3.8, 4) is 0 Å². The molecule has 0 aromatic carbocycles. The lowest BCUT2D eigenvalue weighted by Gasteiger charge is -1.90. The molecular weight excluding hydrogens is 352 g/mol. The summed E-state index contributed by atoms with van der Waals surface area (Å²) in [5.41, 5.74) is 0.177. The number of hydrogen-bond donors (Lipinski definition) is 1. The van der Waals surface area contributed by atoms with Gasteiger partial charge in [-0.2, -0.15) is 0 Å². The average Bonchev–Trinajstić information content (AvgIpc) is 3.16. The summed E-state index contributed by atoms with van der Waals surface area (Å²) in [4.78, 5) is 40.1. The third kappa shape index (κ3) is 5.12. The van der Waals surface area contributed by atoms with Gasteiger partial charge in [0.15, 0.2) is 0 Å². The Kier molecular flexibility index (Phi) is 6.29. The van der Waals surface area contributed by atoms with E-state index in [1.165, 1.54) is 23.9 Å². The van der Waals surface area contributed by atoms with Crippen molar-refractivity contribution >= 4 is 44.6 Å². The van der Waals surface area contributed by atoms with E-state index in [0.717, 1.165) is 28.7 Å². The van der Waals surface area contributed by atoms with Crippen LogP contribution in [0.1, 0.15) is 20.7 Å². The van der Waals surface area contributed by atoms with E-state index in [1.54, 1.807) is 0 Å². The number of carbonyl (C=O) groups excluding carboxylic acids is 1. The predicted octanol–water partition coefficient (Wildman–Crippen LogP) is 2.80. The Morgan fingerprint density at radius 3 is 1.78 bits per heavy atom. The van der Waals surface area contributed by atoms with Gasteiger partial charge >= 0.3 is 21.9 Å². The summed E-state index contributed by atoms with van der Waals surface area (Å²) in [6, 6.07) is 2.23. The topological polar surface area (TPSA) is 150 Å². The standard InChI is InChI=1S/C6H5NO4S.C5H3NO4S/c1-11-6(8)4-2-5(7(9)10)12-3-4;7-5(8)3-1-4(6(9)10)11-2-3/h2-3H,1H3;1-2H,(H,7,8). The van der Waals surface area contributed by atoms with E-state index in [2.05, 4.69) is 4.74 Å². The van der Waals surface area contributed by atoms with Gasteiger partial charge in [0.25, 0.3) is 0 Å². The zero-order valence-corrected chi connectivity index (χ0v) is 13.0. The summed E-state index contributed by atoms with van der Waals surface area (Å²) in [6.07, 6.45) is 0. The molecule has 0 aliphatic heterocycles. The van der Waals surface area contributed by atoms with Crippen LogP contribution in [0.4, 0.5) is 10.0 Å². The monoisotopic (exact) mass is 360 g/mol. The molecule has 0 bridgehead atoms. The van der Waals surface area contributed by atoms with Crippen molar-refractivity contribution in [2.75, 3.05) is 7.11 Å². The average molecular weight is 360 g/mol. The van der Waals surface area contributed by atoms with E-state index < -0.39 is 21.8 Å². The molecule has 2 rings (SSSR count). The predicted molar refractivity (Wildman–Crippen MR) is 80.2 cm³/mol. The second kappa shape index (κ2) is 7.95. The quantitative estimate of drug-likeness (QED) is 0.496. The molecule has 0 amide bonds. The van der Waals surface area contributed by atoms with Crippen molar-refractivity contribution in [1.82, 2.24) is 0 Å². The molecule has 0 spiro atoms. The summed E-state index contributed by atoms with van der Waals surface area (Å²) in [5, 5.41) is 31.0. The van der Waals surface area contributed by atoms with Gasteiger partial charge < -0.3 is 9.84 Å². The molecule has 2 heterocycles. The lowest BCUT2D eigenvalue weighted by atomic mass is 10.3. The summed E-state index contributed by atoms with van der Waals surface area (Å²) < 4.78 is 4.37. The number of rotatable bonds is 4. The van der Waals surface area contributed by atoms with Crippen LogP contribution in [0.5, 0.6) is 0 Å². The molecule has 122 valence electrons. The first-order chi connectivity index (χ1) is 10.8.